The van der Waals surface area contributed by atoms with Crippen LogP contribution < -0.4 is 0 Å². The van der Waals surface area contributed by atoms with Crippen molar-refractivity contribution in [3.8, 4) is 0 Å². The zero-order chi connectivity index (χ0) is 49.6. The highest BCUT2D eigenvalue weighted by atomic mass is 32.3. The van der Waals surface area contributed by atoms with E-state index in [4.69, 9.17) is 18.4 Å². The van der Waals surface area contributed by atoms with E-state index in [1.165, 1.54) is 40.7 Å². The van der Waals surface area contributed by atoms with Gasteiger partial charge in [0.1, 0.15) is 12.2 Å². The summed E-state index contributed by atoms with van der Waals surface area (Å²) in [5, 5.41) is 34.1. The molecule has 1 aromatic carbocycles. The van der Waals surface area contributed by atoms with Crippen molar-refractivity contribution in [1.29, 1.82) is 0 Å². The van der Waals surface area contributed by atoms with Gasteiger partial charge in [-0.25, -0.2) is 4.18 Å². The Morgan fingerprint density at radius 3 is 2.25 bits per heavy atom. The van der Waals surface area contributed by atoms with Crippen molar-refractivity contribution in [3.63, 3.8) is 0 Å². The molecule has 12 heteroatoms. The predicted octanol–water partition coefficient (Wildman–Crippen LogP) is 9.51. The van der Waals surface area contributed by atoms with Crippen LogP contribution in [0.3, 0.4) is 0 Å². The second-order valence-corrected chi connectivity index (χ2v) is 28.5. The number of rotatable bonds is 8. The van der Waals surface area contributed by atoms with E-state index < -0.39 is 56.7 Å². The topological polar surface area (TPSA) is 169 Å². The normalized spacial score (nSPS) is 47.6. The molecule has 12 rings (SSSR count). The first-order valence-electron chi connectivity index (χ1n) is 27.2. The highest BCUT2D eigenvalue weighted by molar-refractivity contribution is 7.80. The lowest BCUT2D eigenvalue weighted by Crippen LogP contribution is -2.76. The lowest BCUT2D eigenvalue weighted by molar-refractivity contribution is -0.408. The molecule has 1 spiro atoms. The third-order valence-corrected chi connectivity index (χ3v) is 23.7. The first kappa shape index (κ1) is 49.5. The molecule has 4 heterocycles. The summed E-state index contributed by atoms with van der Waals surface area (Å²) in [6.45, 7) is 24.6. The van der Waals surface area contributed by atoms with Crippen molar-refractivity contribution < 1.29 is 51.5 Å². The Morgan fingerprint density at radius 2 is 1.54 bits per heavy atom. The van der Waals surface area contributed by atoms with Gasteiger partial charge in [-0.3, -0.25) is 9.35 Å². The number of carbonyl (C=O) groups excluding carboxylic acids is 1. The fraction of sp³-hybridized carbons (Fsp3) is 0.842. The van der Waals surface area contributed by atoms with Gasteiger partial charge in [0.05, 0.1) is 41.5 Å². The Balaban J connectivity index is 0.833. The molecule has 0 amide bonds. The minimum atomic E-state index is -4.81. The standard InChI is InChI=1S/C57H84O11S/c1-30(37-15-17-40-34-13-14-39-35(33(34)20-22-53(37,40)9)25-43(58)49(60)50(39,3)4)12-19-47-55(11)27-32(52(7,8)68-55)24-44(66-47)31(2)38-16-18-41-36-26-45(67-69(62,63)64)48-51(5,6)57(61)46(59)28-56(48,29-65-57)42(36)21-23-54(38,41)10/h13-14,30-32,37-38,40-41,43-48,58-59,61H,12,15-29H2,1-11H3,(H,62,63,64)/t30-,31?,32-,37-,38-,40?,41?,43+,44-,45+,46+,47+,48?,53-,54-,55-,56+,57-/m1/s1. The summed E-state index contributed by atoms with van der Waals surface area (Å²) in [7, 11) is -4.81. The Bertz CT molecular complexity index is 2440. The maximum Gasteiger partial charge on any atom is 0.397 e. The summed E-state index contributed by atoms with van der Waals surface area (Å²) >= 11 is 0. The van der Waals surface area contributed by atoms with Crippen LogP contribution in [0.1, 0.15) is 188 Å². The van der Waals surface area contributed by atoms with Gasteiger partial charge in [-0.05, 0) is 199 Å². The molecule has 7 fully saturated rings. The van der Waals surface area contributed by atoms with E-state index in [0.717, 1.165) is 69.8 Å². The number of hydrogen-bond donors (Lipinski definition) is 4. The highest BCUT2D eigenvalue weighted by Gasteiger charge is 2.74. The molecule has 18 atom stereocenters. The fourth-order valence-corrected chi connectivity index (χ4v) is 20.3. The van der Waals surface area contributed by atoms with Gasteiger partial charge >= 0.3 is 10.4 Å². The molecule has 4 bridgehead atoms. The van der Waals surface area contributed by atoms with Crippen LogP contribution in [0.15, 0.2) is 23.3 Å². The third kappa shape index (κ3) is 6.89. The van der Waals surface area contributed by atoms with Gasteiger partial charge in [0.15, 0.2) is 11.6 Å². The van der Waals surface area contributed by atoms with Gasteiger partial charge in [-0.15, -0.1) is 0 Å². The lowest BCUT2D eigenvalue weighted by atomic mass is 9.42. The van der Waals surface area contributed by atoms with Crippen molar-refractivity contribution in [2.24, 2.45) is 63.1 Å². The third-order valence-electron chi connectivity index (χ3n) is 23.2. The van der Waals surface area contributed by atoms with Crippen LogP contribution in [0, 0.1) is 63.1 Å². The van der Waals surface area contributed by atoms with Gasteiger partial charge in [-0.2, -0.15) is 8.42 Å². The van der Waals surface area contributed by atoms with Crippen molar-refractivity contribution >= 4 is 16.2 Å². The molecule has 11 aliphatic rings. The first-order chi connectivity index (χ1) is 32.0. The average Bonchev–Trinajstić information content (AvgIpc) is 3.84. The summed E-state index contributed by atoms with van der Waals surface area (Å²) in [6.07, 6.45) is 10.4. The smallest absolute Gasteiger partial charge is 0.387 e. The SMILES string of the molecule is CC([C@H]1CCC2C3=C(CC[C@@]21C)[C@@]12CO[C@](O)([C@@H](O)C1)C(C)(C)C2[C@@H](OS(=O)(=O)O)C3)[C@H]1C[C@@H]2C[C@@](C)(OC2(C)C)[C@H](CC[C@@H](C)[C@H]2CCC3c4ccc5c(c4CC[C@@]32C)C[C@H](O)C(=O)C5(C)C)O1. The minimum Gasteiger partial charge on any atom is -0.387 e. The minimum absolute atomic E-state index is 0.0373. The van der Waals surface area contributed by atoms with Crippen molar-refractivity contribution in [2.45, 2.75) is 231 Å². The van der Waals surface area contributed by atoms with Crippen molar-refractivity contribution in [1.82, 2.24) is 0 Å². The monoisotopic (exact) mass is 977 g/mol. The van der Waals surface area contributed by atoms with Gasteiger partial charge in [-0.1, -0.05) is 64.8 Å². The Kier molecular flexibility index (Phi) is 11.2. The number of fused-ring (bicyclic) bond motifs is 11. The molecular weight excluding hydrogens is 893 g/mol. The summed E-state index contributed by atoms with van der Waals surface area (Å²) in [6, 6.07) is 4.56. The summed E-state index contributed by atoms with van der Waals surface area (Å²) in [5.74, 6) is 0.382. The second kappa shape index (κ2) is 15.7. The molecule has 4 aliphatic heterocycles. The summed E-state index contributed by atoms with van der Waals surface area (Å²) in [5.41, 5.74) is 4.73. The van der Waals surface area contributed by atoms with E-state index in [9.17, 15) is 33.1 Å². The number of ketones is 1. The van der Waals surface area contributed by atoms with Crippen molar-refractivity contribution in [2.75, 3.05) is 6.61 Å². The molecule has 1 aromatic rings. The zero-order valence-corrected chi connectivity index (χ0v) is 44.3. The van der Waals surface area contributed by atoms with Crippen LogP contribution in [0.2, 0.25) is 0 Å². The lowest BCUT2D eigenvalue weighted by Gasteiger charge is -2.69. The van der Waals surface area contributed by atoms with Crippen LogP contribution in [-0.4, -0.2) is 88.2 Å². The quantitative estimate of drug-likeness (QED) is 0.145. The molecule has 0 radical (unpaired) electrons. The van der Waals surface area contributed by atoms with Crippen molar-refractivity contribution in [3.05, 3.63) is 45.5 Å². The molecule has 4 saturated heterocycles. The van der Waals surface area contributed by atoms with Crippen LogP contribution in [0.25, 0.3) is 0 Å². The molecule has 3 saturated carbocycles. The van der Waals surface area contributed by atoms with E-state index in [-0.39, 0.29) is 64.9 Å². The molecule has 4 N–H and O–H groups in total. The van der Waals surface area contributed by atoms with Crippen LogP contribution >= 0.6 is 0 Å². The van der Waals surface area contributed by atoms with E-state index in [1.54, 1.807) is 0 Å². The van der Waals surface area contributed by atoms with Gasteiger partial charge in [0, 0.05) is 23.2 Å². The number of ether oxygens (including phenoxy) is 3. The second-order valence-electron chi connectivity index (χ2n) is 27.4. The number of carbonyl (C=O) groups is 1. The largest absolute Gasteiger partial charge is 0.397 e. The predicted molar refractivity (Wildman–Crippen MR) is 261 cm³/mol. The molecule has 7 aliphatic carbocycles. The Hall–Kier alpha value is -1.74. The number of benzene rings is 1. The number of aliphatic hydroxyl groups excluding tert-OH is 2. The molecule has 0 aromatic heterocycles. The first-order valence-corrected chi connectivity index (χ1v) is 28.5. The molecular formula is C57H84O11S. The van der Waals surface area contributed by atoms with Gasteiger partial charge in [0.25, 0.3) is 0 Å². The number of Topliss-reactive ketones (excluding diaryl/α,β-unsaturated/α-hetero) is 1. The van der Waals surface area contributed by atoms with Crippen LogP contribution in [0.5, 0.6) is 0 Å². The number of aliphatic hydroxyl groups is 3. The average molecular weight is 977 g/mol. The van der Waals surface area contributed by atoms with Gasteiger partial charge in [0.2, 0.25) is 0 Å². The fourth-order valence-electron chi connectivity index (χ4n) is 19.8. The summed E-state index contributed by atoms with van der Waals surface area (Å²) in [4.78, 5) is 13.1. The van der Waals surface area contributed by atoms with Crippen LogP contribution in [0.4, 0.5) is 0 Å². The molecule has 69 heavy (non-hydrogen) atoms. The van der Waals surface area contributed by atoms with Crippen LogP contribution in [-0.2, 0) is 51.8 Å². The number of hydrogen-bond acceptors (Lipinski definition) is 10. The molecule has 384 valence electrons. The van der Waals surface area contributed by atoms with E-state index in [1.807, 2.05) is 27.7 Å². The molecule has 11 nitrogen and oxygen atoms in total. The van der Waals surface area contributed by atoms with E-state index >= 15 is 0 Å². The van der Waals surface area contributed by atoms with Gasteiger partial charge < -0.3 is 29.5 Å². The highest BCUT2D eigenvalue weighted by Crippen LogP contribution is 2.72. The van der Waals surface area contributed by atoms with E-state index in [2.05, 4.69) is 60.6 Å². The summed E-state index contributed by atoms with van der Waals surface area (Å²) < 4.78 is 61.8. The zero-order valence-electron chi connectivity index (χ0n) is 43.5. The van der Waals surface area contributed by atoms with E-state index in [0.29, 0.717) is 42.4 Å². The molecule has 4 unspecified atom stereocenters. The maximum atomic E-state index is 13.1. The Labute approximate surface area is 412 Å². The maximum absolute atomic E-state index is 13.1. The Morgan fingerprint density at radius 1 is 0.855 bits per heavy atom.